The minimum absolute atomic E-state index is 0.737. The summed E-state index contributed by atoms with van der Waals surface area (Å²) in [7, 11) is 1.66. The highest BCUT2D eigenvalue weighted by Crippen LogP contribution is 2.34. The zero-order valence-electron chi connectivity index (χ0n) is 12.1. The third-order valence-electron chi connectivity index (χ3n) is 3.53. The van der Waals surface area contributed by atoms with Crippen LogP contribution >= 0.6 is 11.6 Å². The third kappa shape index (κ3) is 2.49. The fraction of sp³-hybridized carbons (Fsp3) is 0.235. The summed E-state index contributed by atoms with van der Waals surface area (Å²) in [4.78, 5) is 0. The Labute approximate surface area is 129 Å². The highest BCUT2D eigenvalue weighted by molar-refractivity contribution is 6.36. The Balaban J connectivity index is 2.21. The van der Waals surface area contributed by atoms with Gasteiger partial charge in [0.05, 0.1) is 17.6 Å². The monoisotopic (exact) mass is 300 g/mol. The molecule has 4 heteroatoms. The number of hydrogen-bond donors (Lipinski definition) is 0. The van der Waals surface area contributed by atoms with Crippen LogP contribution in [0.4, 0.5) is 0 Å². The van der Waals surface area contributed by atoms with Gasteiger partial charge in [0, 0.05) is 17.5 Å². The maximum Gasteiger partial charge on any atom is 0.118 e. The van der Waals surface area contributed by atoms with Crippen LogP contribution in [0.5, 0.6) is 5.75 Å². The summed E-state index contributed by atoms with van der Waals surface area (Å²) in [6, 6.07) is 13.9. The highest BCUT2D eigenvalue weighted by Gasteiger charge is 2.14. The first-order valence-corrected chi connectivity index (χ1v) is 7.42. The van der Waals surface area contributed by atoms with Crippen molar-refractivity contribution in [2.24, 2.45) is 0 Å². The molecule has 1 aromatic heterocycles. The molecule has 2 aromatic carbocycles. The standard InChI is InChI=1S/C17H17ClN2O/c1-3-11-20-15-6-4-5-14(18)16(15)17(19-20)12-7-9-13(21-2)10-8-12/h4-10H,3,11H2,1-2H3. The number of hydrogen-bond acceptors (Lipinski definition) is 2. The molecular formula is C17H17ClN2O. The largest absolute Gasteiger partial charge is 0.497 e. The second kappa shape index (κ2) is 5.78. The molecule has 0 aliphatic rings. The van der Waals surface area contributed by atoms with Crippen molar-refractivity contribution in [1.29, 1.82) is 0 Å². The average Bonchev–Trinajstić information content (AvgIpc) is 2.88. The Hall–Kier alpha value is -2.00. The molecule has 3 nitrogen and oxygen atoms in total. The minimum atomic E-state index is 0.737. The van der Waals surface area contributed by atoms with Crippen LogP contribution in [-0.2, 0) is 6.54 Å². The number of rotatable bonds is 4. The number of fused-ring (bicyclic) bond motifs is 1. The third-order valence-corrected chi connectivity index (χ3v) is 3.84. The van der Waals surface area contributed by atoms with Crippen LogP contribution < -0.4 is 4.74 Å². The molecule has 0 saturated carbocycles. The van der Waals surface area contributed by atoms with E-state index in [0.29, 0.717) is 0 Å². The van der Waals surface area contributed by atoms with Gasteiger partial charge < -0.3 is 4.74 Å². The number of methoxy groups -OCH3 is 1. The first kappa shape index (κ1) is 14.0. The van der Waals surface area contributed by atoms with Gasteiger partial charge in [-0.2, -0.15) is 5.10 Å². The van der Waals surface area contributed by atoms with Crippen LogP contribution in [0.3, 0.4) is 0 Å². The van der Waals surface area contributed by atoms with Crippen LogP contribution in [0.2, 0.25) is 5.02 Å². The molecule has 0 atom stereocenters. The number of benzene rings is 2. The average molecular weight is 301 g/mol. The number of halogens is 1. The lowest BCUT2D eigenvalue weighted by atomic mass is 10.1. The van der Waals surface area contributed by atoms with Crippen molar-refractivity contribution in [3.8, 4) is 17.0 Å². The van der Waals surface area contributed by atoms with Crippen molar-refractivity contribution in [2.75, 3.05) is 7.11 Å². The fourth-order valence-electron chi connectivity index (χ4n) is 2.52. The summed E-state index contributed by atoms with van der Waals surface area (Å²) >= 11 is 6.41. The second-order valence-electron chi connectivity index (χ2n) is 4.93. The molecule has 0 radical (unpaired) electrons. The number of nitrogens with zero attached hydrogens (tertiary/aromatic N) is 2. The van der Waals surface area contributed by atoms with Gasteiger partial charge in [0.2, 0.25) is 0 Å². The molecule has 21 heavy (non-hydrogen) atoms. The number of aryl methyl sites for hydroxylation is 1. The van der Waals surface area contributed by atoms with Gasteiger partial charge >= 0.3 is 0 Å². The zero-order valence-corrected chi connectivity index (χ0v) is 12.9. The highest BCUT2D eigenvalue weighted by atomic mass is 35.5. The van der Waals surface area contributed by atoms with Crippen LogP contribution in [0.15, 0.2) is 42.5 Å². The molecule has 3 rings (SSSR count). The lowest BCUT2D eigenvalue weighted by molar-refractivity contribution is 0.415. The Morgan fingerprint density at radius 3 is 2.57 bits per heavy atom. The normalized spacial score (nSPS) is 11.0. The van der Waals surface area contributed by atoms with Crippen molar-refractivity contribution in [1.82, 2.24) is 9.78 Å². The molecule has 0 fully saturated rings. The Morgan fingerprint density at radius 1 is 1.14 bits per heavy atom. The van der Waals surface area contributed by atoms with Crippen molar-refractivity contribution < 1.29 is 4.74 Å². The maximum absolute atomic E-state index is 6.41. The van der Waals surface area contributed by atoms with Gasteiger partial charge in [-0.25, -0.2) is 0 Å². The van der Waals surface area contributed by atoms with E-state index in [1.165, 1.54) is 0 Å². The van der Waals surface area contributed by atoms with E-state index in [-0.39, 0.29) is 0 Å². The summed E-state index contributed by atoms with van der Waals surface area (Å²) in [5, 5.41) is 6.51. The SMILES string of the molecule is CCCn1nc(-c2ccc(OC)cc2)c2c(Cl)cccc21. The number of ether oxygens (including phenoxy) is 1. The molecule has 108 valence electrons. The zero-order chi connectivity index (χ0) is 14.8. The van der Waals surface area contributed by atoms with Crippen molar-refractivity contribution in [2.45, 2.75) is 19.9 Å². The van der Waals surface area contributed by atoms with E-state index in [1.54, 1.807) is 7.11 Å². The van der Waals surface area contributed by atoms with Crippen LogP contribution in [0.1, 0.15) is 13.3 Å². The van der Waals surface area contributed by atoms with Gasteiger partial charge in [-0.1, -0.05) is 24.6 Å². The predicted molar refractivity (Wildman–Crippen MR) is 87.0 cm³/mol. The molecule has 0 spiro atoms. The summed E-state index contributed by atoms with van der Waals surface area (Å²) in [6.45, 7) is 3.03. The van der Waals surface area contributed by atoms with E-state index in [2.05, 4.69) is 13.0 Å². The van der Waals surface area contributed by atoms with Gasteiger partial charge in [-0.3, -0.25) is 4.68 Å². The molecular weight excluding hydrogens is 284 g/mol. The van der Waals surface area contributed by atoms with Crippen LogP contribution in [-0.4, -0.2) is 16.9 Å². The van der Waals surface area contributed by atoms with E-state index >= 15 is 0 Å². The van der Waals surface area contributed by atoms with Crippen LogP contribution in [0, 0.1) is 0 Å². The topological polar surface area (TPSA) is 27.1 Å². The summed E-state index contributed by atoms with van der Waals surface area (Å²) in [5.74, 6) is 0.835. The number of aromatic nitrogens is 2. The molecule has 0 aliphatic heterocycles. The van der Waals surface area contributed by atoms with Gasteiger partial charge in [-0.05, 0) is 42.8 Å². The Bertz CT molecular complexity index is 762. The van der Waals surface area contributed by atoms with Crippen LogP contribution in [0.25, 0.3) is 22.2 Å². The first-order chi connectivity index (χ1) is 10.2. The van der Waals surface area contributed by atoms with Crippen molar-refractivity contribution in [3.63, 3.8) is 0 Å². The van der Waals surface area contributed by atoms with E-state index < -0.39 is 0 Å². The fourth-order valence-corrected chi connectivity index (χ4v) is 2.78. The lowest BCUT2D eigenvalue weighted by Crippen LogP contribution is -1.98. The van der Waals surface area contributed by atoms with E-state index in [4.69, 9.17) is 21.4 Å². The van der Waals surface area contributed by atoms with Gasteiger partial charge in [0.15, 0.2) is 0 Å². The molecule has 0 saturated heterocycles. The molecule has 0 bridgehead atoms. The Kier molecular flexibility index (Phi) is 3.84. The molecule has 0 unspecified atom stereocenters. The first-order valence-electron chi connectivity index (χ1n) is 7.04. The van der Waals surface area contributed by atoms with E-state index in [1.807, 2.05) is 41.1 Å². The molecule has 0 amide bonds. The lowest BCUT2D eigenvalue weighted by Gasteiger charge is -2.02. The second-order valence-corrected chi connectivity index (χ2v) is 5.34. The Morgan fingerprint density at radius 2 is 1.90 bits per heavy atom. The molecule has 0 N–H and O–H groups in total. The smallest absolute Gasteiger partial charge is 0.118 e. The minimum Gasteiger partial charge on any atom is -0.497 e. The van der Waals surface area contributed by atoms with Gasteiger partial charge in [-0.15, -0.1) is 0 Å². The van der Waals surface area contributed by atoms with Gasteiger partial charge in [0.1, 0.15) is 11.4 Å². The molecule has 3 aromatic rings. The van der Waals surface area contributed by atoms with E-state index in [0.717, 1.165) is 45.9 Å². The predicted octanol–water partition coefficient (Wildman–Crippen LogP) is 4.78. The summed E-state index contributed by atoms with van der Waals surface area (Å²) < 4.78 is 7.24. The summed E-state index contributed by atoms with van der Waals surface area (Å²) in [5.41, 5.74) is 3.05. The molecule has 1 heterocycles. The molecule has 0 aliphatic carbocycles. The summed E-state index contributed by atoms with van der Waals surface area (Å²) in [6.07, 6.45) is 1.03. The van der Waals surface area contributed by atoms with E-state index in [9.17, 15) is 0 Å². The van der Waals surface area contributed by atoms with Crippen molar-refractivity contribution >= 4 is 22.5 Å². The maximum atomic E-state index is 6.41. The van der Waals surface area contributed by atoms with Crippen molar-refractivity contribution in [3.05, 3.63) is 47.5 Å². The van der Waals surface area contributed by atoms with Gasteiger partial charge in [0.25, 0.3) is 0 Å². The quantitative estimate of drug-likeness (QED) is 0.693.